The lowest BCUT2D eigenvalue weighted by molar-refractivity contribution is -0.897. The average Bonchev–Trinajstić information content (AvgIpc) is 2.62. The van der Waals surface area contributed by atoms with Crippen LogP contribution in [0, 0.1) is 5.92 Å². The van der Waals surface area contributed by atoms with E-state index < -0.39 is 0 Å². The zero-order valence-corrected chi connectivity index (χ0v) is 15.7. The number of anilines is 1. The molecule has 2 amide bonds. The monoisotopic (exact) mass is 362 g/mol. The van der Waals surface area contributed by atoms with Crippen LogP contribution in [0.3, 0.4) is 0 Å². The number of nitrogens with one attached hydrogen (secondary N) is 2. The van der Waals surface area contributed by atoms with E-state index in [-0.39, 0.29) is 23.7 Å². The molecule has 0 bridgehead atoms. The quantitative estimate of drug-likeness (QED) is 0.708. The number of amides is 2. The highest BCUT2D eigenvalue weighted by atomic mass is 16.5. The summed E-state index contributed by atoms with van der Waals surface area (Å²) in [5, 5.41) is 2.86. The van der Waals surface area contributed by atoms with Gasteiger partial charge in [0.2, 0.25) is 0 Å². The van der Waals surface area contributed by atoms with Gasteiger partial charge >= 0.3 is 5.97 Å². The molecule has 0 aliphatic carbocycles. The van der Waals surface area contributed by atoms with E-state index in [0.29, 0.717) is 24.4 Å². The van der Waals surface area contributed by atoms with Crippen LogP contribution >= 0.6 is 0 Å². The molecule has 1 fully saturated rings. The van der Waals surface area contributed by atoms with Gasteiger partial charge in [0, 0.05) is 38.2 Å². The number of carbonyl (C=O) groups excluding carboxylic acids is 3. The second kappa shape index (κ2) is 9.33. The van der Waals surface area contributed by atoms with E-state index in [1.165, 1.54) is 9.80 Å². The van der Waals surface area contributed by atoms with Crippen molar-refractivity contribution < 1.29 is 24.0 Å². The summed E-state index contributed by atoms with van der Waals surface area (Å²) in [7, 11) is 3.40. The normalized spacial score (nSPS) is 19.5. The Labute approximate surface area is 154 Å². The van der Waals surface area contributed by atoms with E-state index in [4.69, 9.17) is 4.74 Å². The molecular formula is C19H28N3O4+. The van der Waals surface area contributed by atoms with Crippen LogP contribution in [0.4, 0.5) is 5.69 Å². The molecule has 0 unspecified atom stereocenters. The summed E-state index contributed by atoms with van der Waals surface area (Å²) < 4.78 is 5.06. The van der Waals surface area contributed by atoms with Gasteiger partial charge in [0.25, 0.3) is 11.8 Å². The van der Waals surface area contributed by atoms with Gasteiger partial charge in [-0.3, -0.25) is 14.4 Å². The molecule has 7 nitrogen and oxygen atoms in total. The number of hydrogen-bond acceptors (Lipinski definition) is 4. The minimum atomic E-state index is -0.122. The lowest BCUT2D eigenvalue weighted by Gasteiger charge is -2.27. The first-order chi connectivity index (χ1) is 12.4. The molecule has 7 heteroatoms. The maximum absolute atomic E-state index is 12.2. The SMILES string of the molecule is CCOC(=O)C1CC[NH+](CC(=O)Nc2ccc(C(=O)N(C)C)cc2)CC1. The van der Waals surface area contributed by atoms with E-state index in [1.54, 1.807) is 38.4 Å². The van der Waals surface area contributed by atoms with E-state index in [9.17, 15) is 14.4 Å². The summed E-state index contributed by atoms with van der Waals surface area (Å²) in [6, 6.07) is 6.87. The molecule has 1 aromatic carbocycles. The predicted molar refractivity (Wildman–Crippen MR) is 98.0 cm³/mol. The van der Waals surface area contributed by atoms with Crippen LogP contribution in [-0.4, -0.2) is 63.0 Å². The molecule has 1 saturated heterocycles. The number of ether oxygens (including phenoxy) is 1. The Morgan fingerprint density at radius 1 is 1.15 bits per heavy atom. The van der Waals surface area contributed by atoms with Crippen molar-refractivity contribution in [3.8, 4) is 0 Å². The number of benzene rings is 1. The molecule has 1 aromatic rings. The predicted octanol–water partition coefficient (Wildman–Crippen LogP) is 0.185. The molecule has 1 heterocycles. The van der Waals surface area contributed by atoms with Crippen LogP contribution in [0.2, 0.25) is 0 Å². The van der Waals surface area contributed by atoms with Crippen molar-refractivity contribution in [2.24, 2.45) is 5.92 Å². The van der Waals surface area contributed by atoms with Gasteiger partial charge in [-0.25, -0.2) is 0 Å². The van der Waals surface area contributed by atoms with Gasteiger partial charge in [0.05, 0.1) is 25.6 Å². The summed E-state index contributed by atoms with van der Waals surface area (Å²) in [6.07, 6.45) is 1.51. The third kappa shape index (κ3) is 5.56. The van der Waals surface area contributed by atoms with Gasteiger partial charge in [0.1, 0.15) is 0 Å². The van der Waals surface area contributed by atoms with Crippen molar-refractivity contribution in [1.82, 2.24) is 4.90 Å². The third-order valence-corrected chi connectivity index (χ3v) is 4.54. The maximum atomic E-state index is 12.2. The van der Waals surface area contributed by atoms with Crippen molar-refractivity contribution in [1.29, 1.82) is 0 Å². The molecule has 26 heavy (non-hydrogen) atoms. The number of rotatable bonds is 6. The van der Waals surface area contributed by atoms with Crippen molar-refractivity contribution in [3.63, 3.8) is 0 Å². The second-order valence-electron chi connectivity index (χ2n) is 6.78. The molecule has 2 N–H and O–H groups in total. The number of esters is 1. The third-order valence-electron chi connectivity index (χ3n) is 4.54. The first kappa shape index (κ1) is 19.9. The first-order valence-electron chi connectivity index (χ1n) is 9.02. The average molecular weight is 362 g/mol. The Bertz CT molecular complexity index is 635. The van der Waals surface area contributed by atoms with Gasteiger partial charge in [-0.05, 0) is 31.2 Å². The Morgan fingerprint density at radius 2 is 1.77 bits per heavy atom. The molecule has 0 radical (unpaired) electrons. The lowest BCUT2D eigenvalue weighted by Crippen LogP contribution is -3.14. The summed E-state index contributed by atoms with van der Waals surface area (Å²) in [4.78, 5) is 38.5. The second-order valence-corrected chi connectivity index (χ2v) is 6.78. The minimum Gasteiger partial charge on any atom is -0.466 e. The smallest absolute Gasteiger partial charge is 0.309 e. The number of piperidine rings is 1. The van der Waals surface area contributed by atoms with E-state index in [0.717, 1.165) is 25.9 Å². The van der Waals surface area contributed by atoms with Gasteiger partial charge in [-0.15, -0.1) is 0 Å². The Kier molecular flexibility index (Phi) is 7.15. The molecule has 2 rings (SSSR count). The van der Waals surface area contributed by atoms with Crippen LogP contribution in [-0.2, 0) is 14.3 Å². The van der Waals surface area contributed by atoms with E-state index in [2.05, 4.69) is 5.32 Å². The molecule has 0 saturated carbocycles. The molecular weight excluding hydrogens is 334 g/mol. The molecule has 0 spiro atoms. The molecule has 1 aliphatic heterocycles. The van der Waals surface area contributed by atoms with Crippen LogP contribution in [0.15, 0.2) is 24.3 Å². The van der Waals surface area contributed by atoms with Gasteiger partial charge < -0.3 is 19.9 Å². The van der Waals surface area contributed by atoms with Crippen molar-refractivity contribution in [2.75, 3.05) is 45.7 Å². The van der Waals surface area contributed by atoms with Crippen molar-refractivity contribution >= 4 is 23.5 Å². The fraction of sp³-hybridized carbons (Fsp3) is 0.526. The summed E-state index contributed by atoms with van der Waals surface area (Å²) >= 11 is 0. The van der Waals surface area contributed by atoms with Crippen LogP contribution in [0.5, 0.6) is 0 Å². The molecule has 142 valence electrons. The van der Waals surface area contributed by atoms with Crippen LogP contribution < -0.4 is 10.2 Å². The topological polar surface area (TPSA) is 80.1 Å². The van der Waals surface area contributed by atoms with Crippen LogP contribution in [0.25, 0.3) is 0 Å². The number of likely N-dealkylation sites (tertiary alicyclic amines) is 1. The van der Waals surface area contributed by atoms with Crippen molar-refractivity contribution in [3.05, 3.63) is 29.8 Å². The van der Waals surface area contributed by atoms with Gasteiger partial charge in [-0.2, -0.15) is 0 Å². The van der Waals surface area contributed by atoms with E-state index >= 15 is 0 Å². The molecule has 0 atom stereocenters. The number of quaternary nitrogens is 1. The zero-order valence-electron chi connectivity index (χ0n) is 15.7. The fourth-order valence-electron chi connectivity index (χ4n) is 3.09. The summed E-state index contributed by atoms with van der Waals surface area (Å²) in [6.45, 7) is 4.16. The summed E-state index contributed by atoms with van der Waals surface area (Å²) in [5.74, 6) is -0.301. The van der Waals surface area contributed by atoms with Gasteiger partial charge in [0.15, 0.2) is 6.54 Å². The molecule has 1 aliphatic rings. The minimum absolute atomic E-state index is 0.0384. The first-order valence-corrected chi connectivity index (χ1v) is 9.02. The highest BCUT2D eigenvalue weighted by Crippen LogP contribution is 2.12. The maximum Gasteiger partial charge on any atom is 0.309 e. The zero-order chi connectivity index (χ0) is 19.1. The van der Waals surface area contributed by atoms with Gasteiger partial charge in [-0.1, -0.05) is 0 Å². The lowest BCUT2D eigenvalue weighted by atomic mass is 9.97. The van der Waals surface area contributed by atoms with E-state index in [1.807, 2.05) is 6.92 Å². The fourth-order valence-corrected chi connectivity index (χ4v) is 3.09. The van der Waals surface area contributed by atoms with Crippen LogP contribution in [0.1, 0.15) is 30.1 Å². The number of hydrogen-bond donors (Lipinski definition) is 2. The Balaban J connectivity index is 1.79. The number of nitrogens with zero attached hydrogens (tertiary/aromatic N) is 1. The van der Waals surface area contributed by atoms with Crippen molar-refractivity contribution in [2.45, 2.75) is 19.8 Å². The molecule has 0 aromatic heterocycles. The standard InChI is InChI=1S/C19H27N3O4/c1-4-26-19(25)15-9-11-22(12-10-15)13-17(23)20-16-7-5-14(6-8-16)18(24)21(2)3/h5-8,15H,4,9-13H2,1-3H3,(H,20,23)/p+1. The summed E-state index contributed by atoms with van der Waals surface area (Å²) in [5.41, 5.74) is 1.26. The Hall–Kier alpha value is -2.41. The highest BCUT2D eigenvalue weighted by molar-refractivity contribution is 5.95. The number of carbonyl (C=O) groups is 3. The highest BCUT2D eigenvalue weighted by Gasteiger charge is 2.29. The largest absolute Gasteiger partial charge is 0.466 e. The Morgan fingerprint density at radius 3 is 2.31 bits per heavy atom.